The van der Waals surface area contributed by atoms with Gasteiger partial charge in [-0.3, -0.25) is 9.59 Å². The number of amides is 2. The molecule has 1 aliphatic heterocycles. The second-order valence-corrected chi connectivity index (χ2v) is 9.15. The Bertz CT molecular complexity index is 1230. The maximum Gasteiger partial charge on any atom is 0.244 e. The molecular weight excluding hydrogens is 428 g/mol. The van der Waals surface area contributed by atoms with Crippen molar-refractivity contribution >= 4 is 33.3 Å². The number of carbonyl (C=O) groups is 2. The summed E-state index contributed by atoms with van der Waals surface area (Å²) in [6.07, 6.45) is 2.46. The van der Waals surface area contributed by atoms with Gasteiger partial charge in [-0.2, -0.15) is 4.72 Å². The van der Waals surface area contributed by atoms with E-state index in [-0.39, 0.29) is 17.2 Å². The van der Waals surface area contributed by atoms with Gasteiger partial charge in [0, 0.05) is 18.3 Å². The van der Waals surface area contributed by atoms with E-state index < -0.39 is 22.0 Å². The lowest BCUT2D eigenvalue weighted by molar-refractivity contribution is -0.118. The van der Waals surface area contributed by atoms with Crippen LogP contribution < -0.4 is 15.4 Å². The molecule has 0 radical (unpaired) electrons. The molecule has 4 rings (SSSR count). The number of carbonyl (C=O) groups excluding carboxylic acids is 2. The third kappa shape index (κ3) is 5.19. The molecule has 1 aromatic heterocycles. The molecule has 32 heavy (non-hydrogen) atoms. The van der Waals surface area contributed by atoms with Crippen LogP contribution in [-0.2, 0) is 32.5 Å². The number of aryl methyl sites for hydroxylation is 1. The molecule has 0 fully saturated rings. The number of aromatic nitrogens is 1. The van der Waals surface area contributed by atoms with Crippen molar-refractivity contribution < 1.29 is 18.0 Å². The Kier molecular flexibility index (Phi) is 6.29. The number of hydrogen-bond acceptors (Lipinski definition) is 5. The van der Waals surface area contributed by atoms with Crippen LogP contribution in [0.3, 0.4) is 0 Å². The van der Waals surface area contributed by atoms with E-state index in [1.165, 1.54) is 18.3 Å². The molecule has 164 valence electrons. The minimum Gasteiger partial charge on any atom is -0.326 e. The summed E-state index contributed by atoms with van der Waals surface area (Å²) in [5.41, 5.74) is 2.16. The SMILES string of the molecule is O=C1CCc2cc(S(=O)(=O)NC(Cc3ccccc3)C(=O)Nc3ccccn3)ccc2N1. The molecule has 0 spiro atoms. The van der Waals surface area contributed by atoms with Crippen molar-refractivity contribution in [1.82, 2.24) is 9.71 Å². The van der Waals surface area contributed by atoms with Crippen molar-refractivity contribution in [1.29, 1.82) is 0 Å². The second-order valence-electron chi connectivity index (χ2n) is 7.43. The van der Waals surface area contributed by atoms with Gasteiger partial charge in [0.2, 0.25) is 21.8 Å². The molecule has 3 N–H and O–H groups in total. The molecule has 0 saturated carbocycles. The van der Waals surface area contributed by atoms with Crippen LogP contribution in [0.1, 0.15) is 17.5 Å². The van der Waals surface area contributed by atoms with E-state index in [1.54, 1.807) is 24.3 Å². The standard InChI is InChI=1S/C23H22N4O4S/c28-22-12-9-17-15-18(10-11-19(17)25-22)32(30,31)27-20(14-16-6-2-1-3-7-16)23(29)26-21-8-4-5-13-24-21/h1-8,10-11,13,15,20,27H,9,12,14H2,(H,25,28)(H,24,26,29). The minimum absolute atomic E-state index is 0.0381. The molecular formula is C23H22N4O4S. The fourth-order valence-corrected chi connectivity index (χ4v) is 4.72. The van der Waals surface area contributed by atoms with Crippen LogP contribution in [0.5, 0.6) is 0 Å². The Balaban J connectivity index is 1.59. The van der Waals surface area contributed by atoms with Crippen LogP contribution in [0.2, 0.25) is 0 Å². The zero-order valence-corrected chi connectivity index (χ0v) is 17.9. The Labute approximate surface area is 186 Å². The highest BCUT2D eigenvalue weighted by atomic mass is 32.2. The summed E-state index contributed by atoms with van der Waals surface area (Å²) < 4.78 is 28.8. The number of anilines is 2. The Morgan fingerprint density at radius 1 is 1.03 bits per heavy atom. The lowest BCUT2D eigenvalue weighted by Crippen LogP contribution is -2.45. The van der Waals surface area contributed by atoms with Gasteiger partial charge in [-0.15, -0.1) is 0 Å². The molecule has 0 aliphatic carbocycles. The summed E-state index contributed by atoms with van der Waals surface area (Å²) in [7, 11) is -4.01. The molecule has 0 bridgehead atoms. The molecule has 2 aromatic carbocycles. The van der Waals surface area contributed by atoms with Crippen LogP contribution in [0, 0.1) is 0 Å². The second kappa shape index (κ2) is 9.29. The fourth-order valence-electron chi connectivity index (χ4n) is 3.47. The molecule has 1 aliphatic rings. The van der Waals surface area contributed by atoms with Gasteiger partial charge in [-0.25, -0.2) is 13.4 Å². The first-order chi connectivity index (χ1) is 15.4. The number of fused-ring (bicyclic) bond motifs is 1. The summed E-state index contributed by atoms with van der Waals surface area (Å²) in [6.45, 7) is 0. The van der Waals surface area contributed by atoms with Gasteiger partial charge in [0.05, 0.1) is 4.90 Å². The maximum atomic E-state index is 13.1. The number of benzene rings is 2. The van der Waals surface area contributed by atoms with Gasteiger partial charge in [0.1, 0.15) is 11.9 Å². The Morgan fingerprint density at radius 2 is 1.81 bits per heavy atom. The van der Waals surface area contributed by atoms with E-state index in [2.05, 4.69) is 20.3 Å². The molecule has 3 aromatic rings. The largest absolute Gasteiger partial charge is 0.326 e. The van der Waals surface area contributed by atoms with Crippen molar-refractivity contribution in [2.75, 3.05) is 10.6 Å². The minimum atomic E-state index is -4.01. The normalized spacial score (nSPS) is 14.2. The Morgan fingerprint density at radius 3 is 2.56 bits per heavy atom. The number of nitrogens with zero attached hydrogens (tertiary/aromatic N) is 1. The van der Waals surface area contributed by atoms with E-state index >= 15 is 0 Å². The van der Waals surface area contributed by atoms with Crippen LogP contribution in [-0.4, -0.2) is 31.3 Å². The fraction of sp³-hybridized carbons (Fsp3) is 0.174. The highest BCUT2D eigenvalue weighted by molar-refractivity contribution is 7.89. The molecule has 9 heteroatoms. The van der Waals surface area contributed by atoms with Crippen LogP contribution >= 0.6 is 0 Å². The zero-order valence-electron chi connectivity index (χ0n) is 17.1. The molecule has 1 atom stereocenters. The first kappa shape index (κ1) is 21.7. The molecule has 8 nitrogen and oxygen atoms in total. The van der Waals surface area contributed by atoms with E-state index in [4.69, 9.17) is 0 Å². The topological polar surface area (TPSA) is 117 Å². The third-order valence-electron chi connectivity index (χ3n) is 5.10. The number of hydrogen-bond donors (Lipinski definition) is 3. The van der Waals surface area contributed by atoms with Gasteiger partial charge < -0.3 is 10.6 Å². The van der Waals surface area contributed by atoms with E-state index in [1.807, 2.05) is 30.3 Å². The van der Waals surface area contributed by atoms with Crippen LogP contribution in [0.15, 0.2) is 77.8 Å². The summed E-state index contributed by atoms with van der Waals surface area (Å²) in [6, 6.07) is 17.7. The van der Waals surface area contributed by atoms with Gasteiger partial charge >= 0.3 is 0 Å². The average Bonchev–Trinajstić information content (AvgIpc) is 2.79. The summed E-state index contributed by atoms with van der Waals surface area (Å²) >= 11 is 0. The van der Waals surface area contributed by atoms with E-state index in [9.17, 15) is 18.0 Å². The van der Waals surface area contributed by atoms with Crippen molar-refractivity contribution in [3.63, 3.8) is 0 Å². The summed E-state index contributed by atoms with van der Waals surface area (Å²) in [4.78, 5) is 28.6. The Hall–Kier alpha value is -3.56. The highest BCUT2D eigenvalue weighted by Gasteiger charge is 2.27. The van der Waals surface area contributed by atoms with Crippen LogP contribution in [0.25, 0.3) is 0 Å². The molecule has 2 heterocycles. The van der Waals surface area contributed by atoms with Gasteiger partial charge in [-0.05, 0) is 54.3 Å². The molecule has 2 amide bonds. The van der Waals surface area contributed by atoms with E-state index in [0.29, 0.717) is 24.3 Å². The lowest BCUT2D eigenvalue weighted by atomic mass is 10.0. The van der Waals surface area contributed by atoms with Crippen molar-refractivity contribution in [2.45, 2.75) is 30.2 Å². The van der Waals surface area contributed by atoms with Gasteiger partial charge in [0.25, 0.3) is 0 Å². The predicted octanol–water partition coefficient (Wildman–Crippen LogP) is 2.49. The highest BCUT2D eigenvalue weighted by Crippen LogP contribution is 2.25. The molecule has 1 unspecified atom stereocenters. The van der Waals surface area contributed by atoms with Crippen molar-refractivity contribution in [2.24, 2.45) is 0 Å². The first-order valence-corrected chi connectivity index (χ1v) is 11.6. The van der Waals surface area contributed by atoms with Crippen molar-refractivity contribution in [3.8, 4) is 0 Å². The maximum absolute atomic E-state index is 13.1. The molecule has 0 saturated heterocycles. The summed E-state index contributed by atoms with van der Waals surface area (Å²) in [5, 5.41) is 5.40. The van der Waals surface area contributed by atoms with Crippen LogP contribution in [0.4, 0.5) is 11.5 Å². The number of sulfonamides is 1. The number of nitrogens with one attached hydrogen (secondary N) is 3. The lowest BCUT2D eigenvalue weighted by Gasteiger charge is -2.20. The average molecular weight is 451 g/mol. The number of rotatable bonds is 7. The third-order valence-corrected chi connectivity index (χ3v) is 6.56. The predicted molar refractivity (Wildman–Crippen MR) is 121 cm³/mol. The van der Waals surface area contributed by atoms with E-state index in [0.717, 1.165) is 11.1 Å². The first-order valence-electron chi connectivity index (χ1n) is 10.1. The smallest absolute Gasteiger partial charge is 0.244 e. The summed E-state index contributed by atoms with van der Waals surface area (Å²) in [5.74, 6) is -0.277. The monoisotopic (exact) mass is 450 g/mol. The zero-order chi connectivity index (χ0) is 22.6. The number of pyridine rings is 1. The van der Waals surface area contributed by atoms with Gasteiger partial charge in [0.15, 0.2) is 0 Å². The van der Waals surface area contributed by atoms with Gasteiger partial charge in [-0.1, -0.05) is 36.4 Å². The quantitative estimate of drug-likeness (QED) is 0.511. The van der Waals surface area contributed by atoms with Crippen molar-refractivity contribution in [3.05, 3.63) is 84.1 Å².